The van der Waals surface area contributed by atoms with Gasteiger partial charge in [0.1, 0.15) is 11.8 Å². The van der Waals surface area contributed by atoms with Gasteiger partial charge < -0.3 is 9.47 Å². The van der Waals surface area contributed by atoms with Crippen LogP contribution in [0.15, 0.2) is 5.11 Å². The van der Waals surface area contributed by atoms with Gasteiger partial charge in [-0.2, -0.15) is 0 Å². The van der Waals surface area contributed by atoms with E-state index in [0.717, 1.165) is 49.9 Å². The maximum Gasteiger partial charge on any atom is 0.409 e. The summed E-state index contributed by atoms with van der Waals surface area (Å²) in [5.74, 6) is 2.20. The molecule has 0 aromatic rings. The van der Waals surface area contributed by atoms with E-state index in [9.17, 15) is 4.79 Å². The normalized spacial score (nSPS) is 44.4. The van der Waals surface area contributed by atoms with Gasteiger partial charge in [0.15, 0.2) is 0 Å². The summed E-state index contributed by atoms with van der Waals surface area (Å²) < 4.78 is 11.5. The van der Waals surface area contributed by atoms with E-state index in [4.69, 9.17) is 15.0 Å². The molecule has 7 nitrogen and oxygen atoms in total. The van der Waals surface area contributed by atoms with Gasteiger partial charge in [-0.1, -0.05) is 5.11 Å². The number of hydrogen-bond acceptors (Lipinski definition) is 4. The van der Waals surface area contributed by atoms with E-state index in [1.54, 1.807) is 0 Å². The predicted molar refractivity (Wildman–Crippen MR) is 82.4 cm³/mol. The fraction of sp³-hybridized carbons (Fsp3) is 0.938. The van der Waals surface area contributed by atoms with Crippen molar-refractivity contribution in [1.29, 1.82) is 0 Å². The van der Waals surface area contributed by atoms with E-state index in [2.05, 4.69) is 15.3 Å². The molecule has 0 spiro atoms. The molecule has 4 aliphatic carbocycles. The van der Waals surface area contributed by atoms with Crippen molar-refractivity contribution in [1.82, 2.24) is 5.32 Å². The zero-order chi connectivity index (χ0) is 15.9. The molecule has 1 heterocycles. The lowest BCUT2D eigenvalue weighted by Gasteiger charge is -2.55. The minimum absolute atomic E-state index is 0.262. The number of nitrogens with one attached hydrogen (secondary N) is 1. The van der Waals surface area contributed by atoms with Crippen molar-refractivity contribution in [3.05, 3.63) is 10.4 Å². The van der Waals surface area contributed by atoms with E-state index in [0.29, 0.717) is 6.61 Å². The summed E-state index contributed by atoms with van der Waals surface area (Å²) in [6.07, 6.45) is 7.56. The largest absolute Gasteiger partial charge is 0.443 e. The maximum absolute atomic E-state index is 12.4. The molecule has 1 N–H and O–H groups in total. The molecule has 1 saturated heterocycles. The number of carbonyl (C=O) groups excluding carboxylic acids is 1. The van der Waals surface area contributed by atoms with E-state index < -0.39 is 12.3 Å². The fourth-order valence-corrected chi connectivity index (χ4v) is 5.59. The number of amides is 1. The predicted octanol–water partition coefficient (Wildman–Crippen LogP) is 3.50. The Balaban J connectivity index is 1.39. The third-order valence-corrected chi connectivity index (χ3v) is 6.04. The first-order valence-corrected chi connectivity index (χ1v) is 8.81. The second kappa shape index (κ2) is 5.87. The number of carbonyl (C=O) groups is 1. The van der Waals surface area contributed by atoms with Gasteiger partial charge in [-0.25, -0.2) is 4.79 Å². The van der Waals surface area contributed by atoms with E-state index >= 15 is 0 Å². The Bertz CT molecular complexity index is 496. The minimum atomic E-state index is -0.568. The third-order valence-electron chi connectivity index (χ3n) is 6.04. The molecular formula is C16H24N4O3. The van der Waals surface area contributed by atoms with Crippen LogP contribution in [-0.4, -0.2) is 30.6 Å². The van der Waals surface area contributed by atoms with Crippen LogP contribution in [0, 0.1) is 17.8 Å². The Morgan fingerprint density at radius 3 is 2.48 bits per heavy atom. The molecule has 0 unspecified atom stereocenters. The summed E-state index contributed by atoms with van der Waals surface area (Å²) in [6.45, 7) is 0.569. The summed E-state index contributed by atoms with van der Waals surface area (Å²) in [5, 5.41) is 6.51. The zero-order valence-electron chi connectivity index (χ0n) is 13.3. The first-order valence-electron chi connectivity index (χ1n) is 8.81. The van der Waals surface area contributed by atoms with Crippen molar-refractivity contribution < 1.29 is 14.3 Å². The SMILES string of the molecule is [N-]=[N+]=N[C@@H]1CCCO[C@@H]1NC(=O)OC12CC3CC(CC(C3)C1)C2. The van der Waals surface area contributed by atoms with Crippen molar-refractivity contribution in [2.75, 3.05) is 6.61 Å². The van der Waals surface area contributed by atoms with Gasteiger partial charge in [0.05, 0.1) is 6.04 Å². The van der Waals surface area contributed by atoms with Crippen LogP contribution in [0.3, 0.4) is 0 Å². The highest BCUT2D eigenvalue weighted by atomic mass is 16.6. The van der Waals surface area contributed by atoms with Crippen LogP contribution < -0.4 is 5.32 Å². The minimum Gasteiger partial charge on any atom is -0.443 e. The molecule has 0 radical (unpaired) electrons. The first-order chi connectivity index (χ1) is 11.2. The average Bonchev–Trinajstić information content (AvgIpc) is 2.47. The molecule has 4 bridgehead atoms. The average molecular weight is 320 g/mol. The lowest BCUT2D eigenvalue weighted by molar-refractivity contribution is -0.131. The lowest BCUT2D eigenvalue weighted by atomic mass is 9.54. The molecule has 5 aliphatic rings. The molecule has 23 heavy (non-hydrogen) atoms. The summed E-state index contributed by atoms with van der Waals surface area (Å²) in [6, 6.07) is -0.349. The second-order valence-corrected chi connectivity index (χ2v) is 7.84. The monoisotopic (exact) mass is 320 g/mol. The Morgan fingerprint density at radius 2 is 1.87 bits per heavy atom. The lowest BCUT2D eigenvalue weighted by Crippen LogP contribution is -2.55. The molecule has 0 aromatic heterocycles. The standard InChI is InChI=1S/C16H24N4O3/c17-20-19-13-2-1-3-22-14(13)18-15(21)23-16-7-10-4-11(8-16)6-12(5-10)9-16/h10-14H,1-9H2,(H,18,21)/t10?,11?,12?,13-,14+,16?/m1/s1. The number of hydrogen-bond donors (Lipinski definition) is 1. The first kappa shape index (κ1) is 15.1. The van der Waals surface area contributed by atoms with Crippen LogP contribution in [0.5, 0.6) is 0 Å². The zero-order valence-corrected chi connectivity index (χ0v) is 13.3. The van der Waals surface area contributed by atoms with Gasteiger partial charge in [0.25, 0.3) is 0 Å². The Kier molecular flexibility index (Phi) is 3.85. The Labute approximate surface area is 135 Å². The van der Waals surface area contributed by atoms with Crippen molar-refractivity contribution in [3.8, 4) is 0 Å². The maximum atomic E-state index is 12.4. The van der Waals surface area contributed by atoms with Crippen LogP contribution in [0.25, 0.3) is 10.4 Å². The molecule has 5 rings (SSSR count). The quantitative estimate of drug-likeness (QED) is 0.489. The van der Waals surface area contributed by atoms with Gasteiger partial charge in [0.2, 0.25) is 0 Å². The summed E-state index contributed by atoms with van der Waals surface area (Å²) in [4.78, 5) is 15.2. The number of ether oxygens (including phenoxy) is 2. The van der Waals surface area contributed by atoms with Gasteiger partial charge in [-0.15, -0.1) is 0 Å². The highest BCUT2D eigenvalue weighted by Gasteiger charge is 2.53. The van der Waals surface area contributed by atoms with Gasteiger partial charge in [-0.05, 0) is 74.7 Å². The molecule has 1 aliphatic heterocycles. The van der Waals surface area contributed by atoms with Crippen LogP contribution in [-0.2, 0) is 9.47 Å². The van der Waals surface area contributed by atoms with Gasteiger partial charge in [0, 0.05) is 11.5 Å². The molecule has 126 valence electrons. The van der Waals surface area contributed by atoms with Crippen molar-refractivity contribution in [2.45, 2.75) is 69.2 Å². The third kappa shape index (κ3) is 3.00. The number of azide groups is 1. The van der Waals surface area contributed by atoms with Gasteiger partial charge >= 0.3 is 6.09 Å². The fourth-order valence-electron chi connectivity index (χ4n) is 5.59. The number of nitrogens with zero attached hydrogens (tertiary/aromatic N) is 3. The smallest absolute Gasteiger partial charge is 0.409 e. The molecule has 0 aromatic carbocycles. The van der Waals surface area contributed by atoms with Crippen LogP contribution in [0.4, 0.5) is 4.79 Å². The Hall–Kier alpha value is -1.46. The van der Waals surface area contributed by atoms with E-state index in [1.807, 2.05) is 0 Å². The van der Waals surface area contributed by atoms with Crippen molar-refractivity contribution in [2.24, 2.45) is 22.9 Å². The number of rotatable bonds is 3. The van der Waals surface area contributed by atoms with E-state index in [1.165, 1.54) is 19.3 Å². The molecule has 2 atom stereocenters. The second-order valence-electron chi connectivity index (χ2n) is 7.84. The van der Waals surface area contributed by atoms with Crippen molar-refractivity contribution >= 4 is 6.09 Å². The molecule has 1 amide bonds. The molecule has 4 saturated carbocycles. The Morgan fingerprint density at radius 1 is 1.22 bits per heavy atom. The highest BCUT2D eigenvalue weighted by molar-refractivity contribution is 5.68. The number of alkyl carbamates (subject to hydrolysis) is 1. The van der Waals surface area contributed by atoms with Gasteiger partial charge in [-0.3, -0.25) is 5.32 Å². The summed E-state index contributed by atoms with van der Waals surface area (Å²) >= 11 is 0. The van der Waals surface area contributed by atoms with Crippen molar-refractivity contribution in [3.63, 3.8) is 0 Å². The van der Waals surface area contributed by atoms with Crippen LogP contribution in [0.1, 0.15) is 51.4 Å². The van der Waals surface area contributed by atoms with Crippen LogP contribution in [0.2, 0.25) is 0 Å². The van der Waals surface area contributed by atoms with Crippen LogP contribution >= 0.6 is 0 Å². The summed E-state index contributed by atoms with van der Waals surface area (Å²) in [7, 11) is 0. The van der Waals surface area contributed by atoms with E-state index in [-0.39, 0.29) is 11.6 Å². The highest BCUT2D eigenvalue weighted by Crippen LogP contribution is 2.57. The molecule has 7 heteroatoms. The molecule has 5 fully saturated rings. The molecular weight excluding hydrogens is 296 g/mol. The summed E-state index contributed by atoms with van der Waals surface area (Å²) in [5.41, 5.74) is 8.38. The topological polar surface area (TPSA) is 96.3 Å².